The largest absolute Gasteiger partial charge is 0.444 e. The van der Waals surface area contributed by atoms with Crippen LogP contribution in [-0.4, -0.2) is 34.7 Å². The first kappa shape index (κ1) is 17.3. The van der Waals surface area contributed by atoms with Crippen molar-refractivity contribution in [2.24, 2.45) is 0 Å². The molecule has 0 N–H and O–H groups in total. The Morgan fingerprint density at radius 3 is 2.61 bits per heavy atom. The predicted octanol–water partition coefficient (Wildman–Crippen LogP) is 4.12. The fourth-order valence-corrected chi connectivity index (χ4v) is 2.18. The van der Waals surface area contributed by atoms with Crippen LogP contribution in [0.15, 0.2) is 23.8 Å². The van der Waals surface area contributed by atoms with Crippen LogP contribution in [0.4, 0.5) is 18.0 Å². The molecule has 0 saturated carbocycles. The number of carbonyl (C=O) groups excluding carboxylic acids is 1. The van der Waals surface area contributed by atoms with E-state index in [2.05, 4.69) is 4.98 Å². The second-order valence-corrected chi connectivity index (χ2v) is 6.40. The van der Waals surface area contributed by atoms with Crippen molar-refractivity contribution in [1.82, 2.24) is 9.88 Å². The number of carbonyl (C=O) groups is 1. The Labute approximate surface area is 133 Å². The van der Waals surface area contributed by atoms with Crippen LogP contribution in [0, 0.1) is 0 Å². The third-order valence-electron chi connectivity index (χ3n) is 3.16. The minimum atomic E-state index is -4.47. The van der Waals surface area contributed by atoms with Crippen LogP contribution in [0.1, 0.15) is 38.6 Å². The lowest BCUT2D eigenvalue weighted by atomic mass is 10.2. The van der Waals surface area contributed by atoms with Crippen molar-refractivity contribution >= 4 is 12.2 Å². The summed E-state index contributed by atoms with van der Waals surface area (Å²) in [5, 5.41) is 0. The van der Waals surface area contributed by atoms with Crippen molar-refractivity contribution in [2.45, 2.75) is 39.0 Å². The van der Waals surface area contributed by atoms with E-state index < -0.39 is 23.6 Å². The Morgan fingerprint density at radius 1 is 1.30 bits per heavy atom. The number of aromatic nitrogens is 1. The zero-order chi connectivity index (χ0) is 17.3. The number of hydrogen-bond donors (Lipinski definition) is 0. The van der Waals surface area contributed by atoms with Gasteiger partial charge < -0.3 is 9.64 Å². The van der Waals surface area contributed by atoms with Crippen molar-refractivity contribution < 1.29 is 22.7 Å². The molecule has 23 heavy (non-hydrogen) atoms. The van der Waals surface area contributed by atoms with Gasteiger partial charge in [-0.2, -0.15) is 13.2 Å². The van der Waals surface area contributed by atoms with Gasteiger partial charge in [-0.3, -0.25) is 0 Å². The third-order valence-corrected chi connectivity index (χ3v) is 3.16. The molecular formula is C16H19F3N2O2. The zero-order valence-corrected chi connectivity index (χ0v) is 13.3. The minimum Gasteiger partial charge on any atom is -0.444 e. The van der Waals surface area contributed by atoms with Gasteiger partial charge in [0.1, 0.15) is 11.3 Å². The predicted molar refractivity (Wildman–Crippen MR) is 79.6 cm³/mol. The number of rotatable bonds is 1. The van der Waals surface area contributed by atoms with E-state index in [1.165, 1.54) is 17.0 Å². The molecular weight excluding hydrogens is 309 g/mol. The quantitative estimate of drug-likeness (QED) is 0.778. The Hall–Kier alpha value is -2.05. The Bertz CT molecular complexity index is 618. The third kappa shape index (κ3) is 4.97. The van der Waals surface area contributed by atoms with Gasteiger partial charge in [0.2, 0.25) is 0 Å². The molecule has 0 bridgehead atoms. The SMILES string of the molecule is CC(C)(C)OC(=O)N1CC/C(=C\c2cccc(C(F)(F)F)n2)C1. The van der Waals surface area contributed by atoms with Crippen molar-refractivity contribution in [1.29, 1.82) is 0 Å². The molecule has 1 aromatic heterocycles. The van der Waals surface area contributed by atoms with E-state index in [0.717, 1.165) is 11.6 Å². The molecule has 0 radical (unpaired) electrons. The maximum Gasteiger partial charge on any atom is 0.433 e. The van der Waals surface area contributed by atoms with Gasteiger partial charge in [0.25, 0.3) is 0 Å². The molecule has 4 nitrogen and oxygen atoms in total. The smallest absolute Gasteiger partial charge is 0.433 e. The monoisotopic (exact) mass is 328 g/mol. The van der Waals surface area contributed by atoms with Gasteiger partial charge in [0.15, 0.2) is 0 Å². The van der Waals surface area contributed by atoms with Crippen LogP contribution < -0.4 is 0 Å². The lowest BCUT2D eigenvalue weighted by molar-refractivity contribution is -0.141. The van der Waals surface area contributed by atoms with Gasteiger partial charge in [-0.25, -0.2) is 9.78 Å². The minimum absolute atomic E-state index is 0.237. The lowest BCUT2D eigenvalue weighted by Crippen LogP contribution is -2.34. The molecule has 0 atom stereocenters. The van der Waals surface area contributed by atoms with Gasteiger partial charge in [-0.15, -0.1) is 0 Å². The standard InChI is InChI=1S/C16H19F3N2O2/c1-15(2,3)23-14(22)21-8-7-11(10-21)9-12-5-4-6-13(20-12)16(17,18)19/h4-6,9H,7-8,10H2,1-3H3/b11-9+. The second kappa shape index (κ2) is 6.22. The molecule has 7 heteroatoms. The van der Waals surface area contributed by atoms with Crippen LogP contribution >= 0.6 is 0 Å². The first-order valence-electron chi connectivity index (χ1n) is 7.26. The fraction of sp³-hybridized carbons (Fsp3) is 0.500. The Morgan fingerprint density at radius 2 is 2.00 bits per heavy atom. The summed E-state index contributed by atoms with van der Waals surface area (Å²) in [5.74, 6) is 0. The van der Waals surface area contributed by atoms with Gasteiger partial charge >= 0.3 is 12.3 Å². The molecule has 0 aromatic carbocycles. The Balaban J connectivity index is 2.07. The summed E-state index contributed by atoms with van der Waals surface area (Å²) in [6.45, 7) is 6.17. The van der Waals surface area contributed by atoms with E-state index in [-0.39, 0.29) is 5.69 Å². The van der Waals surface area contributed by atoms with E-state index in [1.54, 1.807) is 26.8 Å². The first-order valence-corrected chi connectivity index (χ1v) is 7.26. The van der Waals surface area contributed by atoms with E-state index in [1.807, 2.05) is 0 Å². The summed E-state index contributed by atoms with van der Waals surface area (Å²) in [4.78, 5) is 17.1. The number of nitrogens with zero attached hydrogens (tertiary/aromatic N) is 2. The molecule has 1 saturated heterocycles. The molecule has 126 valence electrons. The first-order chi connectivity index (χ1) is 10.5. The number of pyridine rings is 1. The topological polar surface area (TPSA) is 42.4 Å². The molecule has 0 unspecified atom stereocenters. The van der Waals surface area contributed by atoms with Gasteiger partial charge in [-0.05, 0) is 51.0 Å². The van der Waals surface area contributed by atoms with Gasteiger partial charge in [-0.1, -0.05) is 6.07 Å². The second-order valence-electron chi connectivity index (χ2n) is 6.40. The summed E-state index contributed by atoms with van der Waals surface area (Å²) < 4.78 is 43.2. The van der Waals surface area contributed by atoms with E-state index in [4.69, 9.17) is 4.74 Å². The highest BCUT2D eigenvalue weighted by Gasteiger charge is 2.32. The highest BCUT2D eigenvalue weighted by Crippen LogP contribution is 2.28. The average molecular weight is 328 g/mol. The van der Waals surface area contributed by atoms with Crippen LogP contribution in [0.5, 0.6) is 0 Å². The van der Waals surface area contributed by atoms with Gasteiger partial charge in [0.05, 0.1) is 5.69 Å². The zero-order valence-electron chi connectivity index (χ0n) is 13.3. The highest BCUT2D eigenvalue weighted by molar-refractivity contribution is 5.70. The van der Waals surface area contributed by atoms with Gasteiger partial charge in [0, 0.05) is 13.1 Å². The number of amides is 1. The average Bonchev–Trinajstić information content (AvgIpc) is 2.85. The van der Waals surface area contributed by atoms with Crippen molar-refractivity contribution in [3.05, 3.63) is 35.2 Å². The van der Waals surface area contributed by atoms with Crippen LogP contribution in [0.3, 0.4) is 0 Å². The van der Waals surface area contributed by atoms with Crippen LogP contribution in [0.25, 0.3) is 6.08 Å². The van der Waals surface area contributed by atoms with Crippen molar-refractivity contribution in [3.63, 3.8) is 0 Å². The summed E-state index contributed by atoms with van der Waals surface area (Å²) in [6, 6.07) is 3.77. The van der Waals surface area contributed by atoms with Crippen molar-refractivity contribution in [3.8, 4) is 0 Å². The Kier molecular flexibility index (Phi) is 4.68. The number of hydrogen-bond acceptors (Lipinski definition) is 3. The molecule has 2 rings (SSSR count). The molecule has 1 aliphatic rings. The summed E-state index contributed by atoms with van der Waals surface area (Å²) in [7, 11) is 0. The molecule has 0 spiro atoms. The fourth-order valence-electron chi connectivity index (χ4n) is 2.18. The molecule has 0 aliphatic carbocycles. The molecule has 2 heterocycles. The maximum atomic E-state index is 12.7. The number of likely N-dealkylation sites (tertiary alicyclic amines) is 1. The van der Waals surface area contributed by atoms with E-state index in [9.17, 15) is 18.0 Å². The summed E-state index contributed by atoms with van der Waals surface area (Å²) >= 11 is 0. The summed E-state index contributed by atoms with van der Waals surface area (Å²) in [5.41, 5.74) is -0.413. The normalized spacial score (nSPS) is 17.7. The highest BCUT2D eigenvalue weighted by atomic mass is 19.4. The lowest BCUT2D eigenvalue weighted by Gasteiger charge is -2.23. The van der Waals surface area contributed by atoms with Crippen LogP contribution in [-0.2, 0) is 10.9 Å². The van der Waals surface area contributed by atoms with Crippen LogP contribution in [0.2, 0.25) is 0 Å². The summed E-state index contributed by atoms with van der Waals surface area (Å²) in [6.07, 6.45) is -2.69. The molecule has 1 amide bonds. The number of halogens is 3. The van der Waals surface area contributed by atoms with Crippen molar-refractivity contribution in [2.75, 3.05) is 13.1 Å². The molecule has 1 aromatic rings. The molecule has 1 fully saturated rings. The maximum absolute atomic E-state index is 12.7. The number of ether oxygens (including phenoxy) is 1. The molecule has 1 aliphatic heterocycles. The number of alkyl halides is 3. The van der Waals surface area contributed by atoms with E-state index >= 15 is 0 Å². The van der Waals surface area contributed by atoms with E-state index in [0.29, 0.717) is 19.5 Å².